The largest absolute Gasteiger partial charge is 0.372 e. The summed E-state index contributed by atoms with van der Waals surface area (Å²) in [6.07, 6.45) is 2.39. The summed E-state index contributed by atoms with van der Waals surface area (Å²) in [5.74, 6) is 1.87. The molecule has 0 saturated carbocycles. The van der Waals surface area contributed by atoms with Crippen LogP contribution in [0.5, 0.6) is 0 Å². The van der Waals surface area contributed by atoms with Crippen LogP contribution in [0.2, 0.25) is 0 Å². The monoisotopic (exact) mass is 397 g/mol. The van der Waals surface area contributed by atoms with Crippen molar-refractivity contribution < 1.29 is 4.79 Å². The second-order valence-corrected chi connectivity index (χ2v) is 8.29. The minimum Gasteiger partial charge on any atom is -0.372 e. The third kappa shape index (κ3) is 3.32. The predicted molar refractivity (Wildman–Crippen MR) is 114 cm³/mol. The van der Waals surface area contributed by atoms with Gasteiger partial charge in [-0.25, -0.2) is 4.68 Å². The molecule has 1 atom stereocenters. The first-order chi connectivity index (χ1) is 13.7. The zero-order valence-electron chi connectivity index (χ0n) is 16.7. The standard InChI is InChI=1S/C21H27N5OS/c1-4-25(5-2)15-12-10-14(11-13-15)19-18-16(8-7-9-17(18)27)22-20-23-21(28-6-3)24-26(19)20/h10-13,19H,4-9H2,1-3H3,(H,22,23,24)/t19-/m1/s1. The van der Waals surface area contributed by atoms with Crippen molar-refractivity contribution in [2.45, 2.75) is 51.2 Å². The molecule has 0 amide bonds. The van der Waals surface area contributed by atoms with Crippen LogP contribution >= 0.6 is 11.8 Å². The number of nitrogens with zero attached hydrogens (tertiary/aromatic N) is 4. The second kappa shape index (κ2) is 7.99. The van der Waals surface area contributed by atoms with E-state index in [1.165, 1.54) is 5.69 Å². The maximum Gasteiger partial charge on any atom is 0.227 e. The lowest BCUT2D eigenvalue weighted by molar-refractivity contribution is -0.116. The van der Waals surface area contributed by atoms with Crippen LogP contribution in [0.4, 0.5) is 11.6 Å². The van der Waals surface area contributed by atoms with E-state index in [-0.39, 0.29) is 11.8 Å². The fourth-order valence-electron chi connectivity index (χ4n) is 4.09. The molecule has 0 saturated heterocycles. The van der Waals surface area contributed by atoms with Crippen LogP contribution in [0.1, 0.15) is 51.6 Å². The van der Waals surface area contributed by atoms with Crippen LogP contribution in [-0.4, -0.2) is 39.4 Å². The number of carbonyl (C=O) groups excluding carboxylic acids is 1. The van der Waals surface area contributed by atoms with Crippen LogP contribution < -0.4 is 10.2 Å². The van der Waals surface area contributed by atoms with Gasteiger partial charge in [0.25, 0.3) is 0 Å². The quantitative estimate of drug-likeness (QED) is 0.735. The molecule has 2 aliphatic rings. The van der Waals surface area contributed by atoms with Gasteiger partial charge in [0.2, 0.25) is 11.1 Å². The van der Waals surface area contributed by atoms with Crippen molar-refractivity contribution in [2.75, 3.05) is 29.1 Å². The van der Waals surface area contributed by atoms with Crippen molar-refractivity contribution in [3.63, 3.8) is 0 Å². The Hall–Kier alpha value is -2.28. The number of rotatable bonds is 6. The van der Waals surface area contributed by atoms with Gasteiger partial charge in [-0.15, -0.1) is 5.10 Å². The van der Waals surface area contributed by atoms with Crippen LogP contribution in [0.25, 0.3) is 0 Å². The number of carbonyl (C=O) groups is 1. The predicted octanol–water partition coefficient (Wildman–Crippen LogP) is 4.26. The molecule has 1 aliphatic heterocycles. The van der Waals surface area contributed by atoms with Gasteiger partial charge in [0.1, 0.15) is 6.04 Å². The molecular weight excluding hydrogens is 370 g/mol. The number of hydrogen-bond donors (Lipinski definition) is 1. The fraction of sp³-hybridized carbons (Fsp3) is 0.476. The van der Waals surface area contributed by atoms with E-state index in [0.29, 0.717) is 6.42 Å². The Labute approximate surface area is 170 Å². The average molecular weight is 398 g/mol. The molecule has 0 spiro atoms. The maximum atomic E-state index is 12.8. The highest BCUT2D eigenvalue weighted by molar-refractivity contribution is 7.99. The molecule has 4 rings (SSSR count). The van der Waals surface area contributed by atoms with Gasteiger partial charge in [-0.05, 0) is 50.1 Å². The van der Waals surface area contributed by atoms with Gasteiger partial charge >= 0.3 is 0 Å². The van der Waals surface area contributed by atoms with E-state index in [0.717, 1.165) is 59.6 Å². The zero-order chi connectivity index (χ0) is 19.7. The van der Waals surface area contributed by atoms with Gasteiger partial charge in [-0.1, -0.05) is 30.8 Å². The Morgan fingerprint density at radius 3 is 2.61 bits per heavy atom. The third-order valence-electron chi connectivity index (χ3n) is 5.46. The first-order valence-corrected chi connectivity index (χ1v) is 11.1. The van der Waals surface area contributed by atoms with E-state index < -0.39 is 0 Å². The molecule has 1 N–H and O–H groups in total. The number of aromatic nitrogens is 3. The highest BCUT2D eigenvalue weighted by Gasteiger charge is 2.36. The number of thioether (sulfide) groups is 1. The molecule has 0 bridgehead atoms. The molecule has 28 heavy (non-hydrogen) atoms. The van der Waals surface area contributed by atoms with Gasteiger partial charge in [0, 0.05) is 36.5 Å². The normalized spacial score (nSPS) is 18.5. The number of fused-ring (bicyclic) bond motifs is 1. The summed E-state index contributed by atoms with van der Waals surface area (Å²) < 4.78 is 1.90. The molecule has 1 aromatic heterocycles. The Bertz CT molecular complexity index is 898. The number of Topliss-reactive ketones (excluding diaryl/α,β-unsaturated/α-hetero) is 1. The number of ketones is 1. The number of benzene rings is 1. The molecule has 7 heteroatoms. The lowest BCUT2D eigenvalue weighted by Crippen LogP contribution is -2.31. The third-order valence-corrected chi connectivity index (χ3v) is 6.18. The van der Waals surface area contributed by atoms with Gasteiger partial charge in [0.15, 0.2) is 5.78 Å². The second-order valence-electron chi connectivity index (χ2n) is 7.06. The van der Waals surface area contributed by atoms with Crippen molar-refractivity contribution in [3.05, 3.63) is 41.1 Å². The Kier molecular flexibility index (Phi) is 5.44. The van der Waals surface area contributed by atoms with Crippen LogP contribution in [-0.2, 0) is 4.79 Å². The molecule has 1 aromatic carbocycles. The zero-order valence-corrected chi connectivity index (χ0v) is 17.6. The van der Waals surface area contributed by atoms with E-state index in [9.17, 15) is 4.79 Å². The number of hydrogen-bond acceptors (Lipinski definition) is 6. The Morgan fingerprint density at radius 1 is 1.18 bits per heavy atom. The molecule has 0 fully saturated rings. The van der Waals surface area contributed by atoms with E-state index in [4.69, 9.17) is 5.10 Å². The van der Waals surface area contributed by atoms with Crippen molar-refractivity contribution in [1.82, 2.24) is 14.8 Å². The summed E-state index contributed by atoms with van der Waals surface area (Å²) in [5, 5.41) is 8.86. The van der Waals surface area contributed by atoms with E-state index in [2.05, 4.69) is 60.2 Å². The molecular formula is C21H27N5OS. The van der Waals surface area contributed by atoms with E-state index in [1.54, 1.807) is 11.8 Å². The smallest absolute Gasteiger partial charge is 0.227 e. The Balaban J connectivity index is 1.78. The average Bonchev–Trinajstić information content (AvgIpc) is 3.10. The van der Waals surface area contributed by atoms with Crippen molar-refractivity contribution in [3.8, 4) is 0 Å². The molecule has 2 aromatic rings. The molecule has 6 nitrogen and oxygen atoms in total. The highest BCUT2D eigenvalue weighted by Crippen LogP contribution is 2.40. The van der Waals surface area contributed by atoms with Crippen LogP contribution in [0, 0.1) is 0 Å². The first kappa shape index (κ1) is 19.1. The van der Waals surface area contributed by atoms with Crippen molar-refractivity contribution >= 4 is 29.2 Å². The fourth-order valence-corrected chi connectivity index (χ4v) is 4.65. The molecule has 0 unspecified atom stereocenters. The molecule has 148 valence electrons. The summed E-state index contributed by atoms with van der Waals surface area (Å²) in [4.78, 5) is 19.8. The summed E-state index contributed by atoms with van der Waals surface area (Å²) >= 11 is 1.62. The topological polar surface area (TPSA) is 63.1 Å². The van der Waals surface area contributed by atoms with Crippen LogP contribution in [0.15, 0.2) is 40.7 Å². The minimum atomic E-state index is -0.205. The summed E-state index contributed by atoms with van der Waals surface area (Å²) in [6, 6.07) is 8.36. The number of allylic oxidation sites excluding steroid dienone is 2. The SMILES string of the molecule is CCSc1nc2n(n1)[C@H](c1ccc(N(CC)CC)cc1)C1=C(CCCC1=O)N2. The molecule has 0 radical (unpaired) electrons. The number of anilines is 2. The first-order valence-electron chi connectivity index (χ1n) is 10.1. The van der Waals surface area contributed by atoms with E-state index in [1.807, 2.05) is 4.68 Å². The number of nitrogens with one attached hydrogen (secondary N) is 1. The lowest BCUT2D eigenvalue weighted by atomic mass is 9.85. The molecule has 2 heterocycles. The minimum absolute atomic E-state index is 0.205. The highest BCUT2D eigenvalue weighted by atomic mass is 32.2. The van der Waals surface area contributed by atoms with Gasteiger partial charge in [0.05, 0.1) is 0 Å². The van der Waals surface area contributed by atoms with Gasteiger partial charge < -0.3 is 10.2 Å². The Morgan fingerprint density at radius 2 is 1.93 bits per heavy atom. The van der Waals surface area contributed by atoms with Crippen molar-refractivity contribution in [2.24, 2.45) is 0 Å². The van der Waals surface area contributed by atoms with Crippen LogP contribution in [0.3, 0.4) is 0 Å². The lowest BCUT2D eigenvalue weighted by Gasteiger charge is -2.32. The summed E-state index contributed by atoms with van der Waals surface area (Å²) in [5.41, 5.74) is 4.15. The van der Waals surface area contributed by atoms with Crippen molar-refractivity contribution in [1.29, 1.82) is 0 Å². The van der Waals surface area contributed by atoms with E-state index >= 15 is 0 Å². The van der Waals surface area contributed by atoms with Gasteiger partial charge in [-0.2, -0.15) is 4.98 Å². The maximum absolute atomic E-state index is 12.8. The molecule has 1 aliphatic carbocycles. The summed E-state index contributed by atoms with van der Waals surface area (Å²) in [6.45, 7) is 8.37. The van der Waals surface area contributed by atoms with Gasteiger partial charge in [-0.3, -0.25) is 4.79 Å². The summed E-state index contributed by atoms with van der Waals surface area (Å²) in [7, 11) is 0.